The fourth-order valence-electron chi connectivity index (χ4n) is 2.98. The Labute approximate surface area is 150 Å². The summed E-state index contributed by atoms with van der Waals surface area (Å²) in [6.45, 7) is 4.75. The molecule has 0 unspecified atom stereocenters. The summed E-state index contributed by atoms with van der Waals surface area (Å²) in [5, 5.41) is 2.86. The lowest BCUT2D eigenvalue weighted by Gasteiger charge is -2.36. The number of para-hydroxylation sites is 1. The fraction of sp³-hybridized carbons (Fsp3) is 0.278. The third kappa shape index (κ3) is 3.34. The summed E-state index contributed by atoms with van der Waals surface area (Å²) in [7, 11) is 0. The molecule has 0 atom stereocenters. The zero-order valence-corrected chi connectivity index (χ0v) is 14.8. The molecule has 1 saturated heterocycles. The van der Waals surface area contributed by atoms with Gasteiger partial charge in [-0.3, -0.25) is 4.90 Å². The van der Waals surface area contributed by atoms with Gasteiger partial charge in [-0.05, 0) is 23.6 Å². The van der Waals surface area contributed by atoms with Crippen LogP contribution in [0.2, 0.25) is 5.02 Å². The van der Waals surface area contributed by atoms with Crippen LogP contribution in [-0.2, 0) is 6.54 Å². The zero-order chi connectivity index (χ0) is 16.4. The summed E-state index contributed by atoms with van der Waals surface area (Å²) in [5.74, 6) is 0.717. The van der Waals surface area contributed by atoms with Gasteiger partial charge in [0.15, 0.2) is 0 Å². The van der Waals surface area contributed by atoms with Gasteiger partial charge in [0.1, 0.15) is 6.26 Å². The lowest BCUT2D eigenvalue weighted by Crippen LogP contribution is -2.46. The van der Waals surface area contributed by atoms with Crippen LogP contribution in [-0.4, -0.2) is 36.1 Å². The van der Waals surface area contributed by atoms with Crippen molar-refractivity contribution >= 4 is 28.6 Å². The van der Waals surface area contributed by atoms with E-state index in [2.05, 4.69) is 20.9 Å². The van der Waals surface area contributed by atoms with E-state index >= 15 is 0 Å². The first-order valence-electron chi connectivity index (χ1n) is 8.00. The summed E-state index contributed by atoms with van der Waals surface area (Å²) in [5.41, 5.74) is 2.12. The summed E-state index contributed by atoms with van der Waals surface area (Å²) in [6.07, 6.45) is 1.77. The van der Waals surface area contributed by atoms with Crippen LogP contribution < -0.4 is 4.90 Å². The average Bonchev–Trinajstić information content (AvgIpc) is 3.27. The molecule has 0 N–H and O–H groups in total. The van der Waals surface area contributed by atoms with Gasteiger partial charge in [0.2, 0.25) is 5.89 Å². The maximum atomic E-state index is 6.30. The first kappa shape index (κ1) is 15.7. The predicted molar refractivity (Wildman–Crippen MR) is 98.8 cm³/mol. The van der Waals surface area contributed by atoms with Crippen molar-refractivity contribution in [2.45, 2.75) is 6.54 Å². The summed E-state index contributed by atoms with van der Waals surface area (Å²) in [4.78, 5) is 10.4. The topological polar surface area (TPSA) is 32.5 Å². The number of anilines is 1. The number of benzene rings is 1. The second-order valence-corrected chi connectivity index (χ2v) is 7.19. The number of nitrogens with zero attached hydrogens (tertiary/aromatic N) is 3. The molecule has 3 heterocycles. The van der Waals surface area contributed by atoms with Gasteiger partial charge in [-0.25, -0.2) is 4.98 Å². The van der Waals surface area contributed by atoms with E-state index < -0.39 is 0 Å². The third-order valence-corrected chi connectivity index (χ3v) is 5.41. The molecule has 1 aliphatic rings. The highest BCUT2D eigenvalue weighted by atomic mass is 35.5. The second kappa shape index (κ2) is 6.97. The van der Waals surface area contributed by atoms with Crippen molar-refractivity contribution in [3.8, 4) is 10.8 Å². The van der Waals surface area contributed by atoms with E-state index in [0.717, 1.165) is 59.9 Å². The number of rotatable bonds is 4. The van der Waals surface area contributed by atoms with Crippen LogP contribution in [0.1, 0.15) is 5.69 Å². The molecule has 1 fully saturated rings. The molecule has 3 aromatic rings. The van der Waals surface area contributed by atoms with Crippen LogP contribution in [0.3, 0.4) is 0 Å². The number of hydrogen-bond acceptors (Lipinski definition) is 5. The molecule has 0 bridgehead atoms. The van der Waals surface area contributed by atoms with E-state index in [9.17, 15) is 0 Å². The van der Waals surface area contributed by atoms with Crippen LogP contribution in [0, 0.1) is 0 Å². The van der Waals surface area contributed by atoms with Gasteiger partial charge in [0.05, 0.1) is 21.3 Å². The zero-order valence-electron chi connectivity index (χ0n) is 13.2. The SMILES string of the molecule is Clc1ccccc1N1CCN(Cc2coc(-c3cccs3)n2)CC1. The quantitative estimate of drug-likeness (QED) is 0.692. The molecule has 1 aromatic carbocycles. The monoisotopic (exact) mass is 359 g/mol. The Bertz CT molecular complexity index is 794. The number of halogens is 1. The summed E-state index contributed by atoms with van der Waals surface area (Å²) in [6, 6.07) is 12.1. The van der Waals surface area contributed by atoms with Crippen LogP contribution in [0.15, 0.2) is 52.5 Å². The van der Waals surface area contributed by atoms with Gasteiger partial charge in [-0.1, -0.05) is 29.8 Å². The van der Waals surface area contributed by atoms with Gasteiger partial charge >= 0.3 is 0 Å². The van der Waals surface area contributed by atoms with Crippen molar-refractivity contribution in [1.82, 2.24) is 9.88 Å². The van der Waals surface area contributed by atoms with Crippen molar-refractivity contribution < 1.29 is 4.42 Å². The first-order chi connectivity index (χ1) is 11.8. The van der Waals surface area contributed by atoms with E-state index in [1.165, 1.54) is 0 Å². The molecule has 0 amide bonds. The predicted octanol–water partition coefficient (Wildman–Crippen LogP) is 4.38. The standard InChI is InChI=1S/C18H18ClN3OS/c19-15-4-1-2-5-16(15)22-9-7-21(8-10-22)12-14-13-23-18(20-14)17-6-3-11-24-17/h1-6,11,13H,7-10,12H2. The largest absolute Gasteiger partial charge is 0.444 e. The van der Waals surface area contributed by atoms with Crippen LogP contribution >= 0.6 is 22.9 Å². The van der Waals surface area contributed by atoms with Gasteiger partial charge in [0.25, 0.3) is 0 Å². The van der Waals surface area contributed by atoms with Crippen molar-refractivity contribution in [3.05, 3.63) is 58.8 Å². The Kier molecular flexibility index (Phi) is 4.56. The molecule has 0 aliphatic carbocycles. The van der Waals surface area contributed by atoms with Gasteiger partial charge in [-0.15, -0.1) is 11.3 Å². The molecule has 4 nitrogen and oxygen atoms in total. The van der Waals surface area contributed by atoms with Crippen molar-refractivity contribution in [2.75, 3.05) is 31.1 Å². The highest BCUT2D eigenvalue weighted by Gasteiger charge is 2.20. The first-order valence-corrected chi connectivity index (χ1v) is 9.25. The van der Waals surface area contributed by atoms with Crippen molar-refractivity contribution in [2.24, 2.45) is 0 Å². The molecule has 124 valence electrons. The Morgan fingerprint density at radius 3 is 2.67 bits per heavy atom. The Hall–Kier alpha value is -1.82. The van der Waals surface area contributed by atoms with Crippen molar-refractivity contribution in [1.29, 1.82) is 0 Å². The van der Waals surface area contributed by atoms with Gasteiger partial charge in [0, 0.05) is 32.7 Å². The van der Waals surface area contributed by atoms with E-state index in [4.69, 9.17) is 16.0 Å². The smallest absolute Gasteiger partial charge is 0.236 e. The lowest BCUT2D eigenvalue weighted by atomic mass is 10.2. The minimum atomic E-state index is 0.717. The number of thiophene rings is 1. The molecular weight excluding hydrogens is 342 g/mol. The van der Waals surface area contributed by atoms with Gasteiger partial charge in [-0.2, -0.15) is 0 Å². The van der Waals surface area contributed by atoms with E-state index in [1.807, 2.05) is 35.7 Å². The number of hydrogen-bond donors (Lipinski definition) is 0. The maximum Gasteiger partial charge on any atom is 0.236 e. The second-order valence-electron chi connectivity index (χ2n) is 5.84. The van der Waals surface area contributed by atoms with Crippen LogP contribution in [0.25, 0.3) is 10.8 Å². The molecular formula is C18H18ClN3OS. The number of oxazole rings is 1. The average molecular weight is 360 g/mol. The van der Waals surface area contributed by atoms with Crippen molar-refractivity contribution in [3.63, 3.8) is 0 Å². The molecule has 24 heavy (non-hydrogen) atoms. The molecule has 4 rings (SSSR count). The minimum Gasteiger partial charge on any atom is -0.444 e. The number of aromatic nitrogens is 1. The molecule has 6 heteroatoms. The van der Waals surface area contributed by atoms with Crippen LogP contribution in [0.5, 0.6) is 0 Å². The highest BCUT2D eigenvalue weighted by Crippen LogP contribution is 2.27. The Morgan fingerprint density at radius 2 is 1.92 bits per heavy atom. The fourth-order valence-corrected chi connectivity index (χ4v) is 3.89. The summed E-state index contributed by atoms with van der Waals surface area (Å²) < 4.78 is 5.60. The Balaban J connectivity index is 1.36. The molecule has 2 aromatic heterocycles. The maximum absolute atomic E-state index is 6.30. The Morgan fingerprint density at radius 1 is 1.08 bits per heavy atom. The normalized spacial score (nSPS) is 15.8. The van der Waals surface area contributed by atoms with E-state index in [0.29, 0.717) is 0 Å². The van der Waals surface area contributed by atoms with Crippen LogP contribution in [0.4, 0.5) is 5.69 Å². The van der Waals surface area contributed by atoms with Gasteiger partial charge < -0.3 is 9.32 Å². The minimum absolute atomic E-state index is 0.717. The van der Waals surface area contributed by atoms with E-state index in [-0.39, 0.29) is 0 Å². The molecule has 1 aliphatic heterocycles. The lowest BCUT2D eigenvalue weighted by molar-refractivity contribution is 0.247. The molecule has 0 radical (unpaired) electrons. The molecule has 0 saturated carbocycles. The summed E-state index contributed by atoms with van der Waals surface area (Å²) >= 11 is 7.94. The van der Waals surface area contributed by atoms with E-state index in [1.54, 1.807) is 17.6 Å². The molecule has 0 spiro atoms. The third-order valence-electron chi connectivity index (χ3n) is 4.23. The number of piperazine rings is 1. The highest BCUT2D eigenvalue weighted by molar-refractivity contribution is 7.13.